The molecule has 0 aromatic heterocycles. The summed E-state index contributed by atoms with van der Waals surface area (Å²) < 4.78 is 46.1. The lowest BCUT2D eigenvalue weighted by Crippen LogP contribution is -2.64. The minimum atomic E-state index is -2.48. The lowest BCUT2D eigenvalue weighted by atomic mass is 9.44. The molecule has 0 aromatic carbocycles. The average molecular weight is 850 g/mol. The zero-order chi connectivity index (χ0) is 40.5. The van der Waals surface area contributed by atoms with Crippen LogP contribution in [0.5, 0.6) is 0 Å². The number of hydrogen-bond acceptors (Lipinski definition) is 12. The van der Waals surface area contributed by atoms with E-state index in [4.69, 9.17) is 72.7 Å². The van der Waals surface area contributed by atoms with Crippen LogP contribution in [-0.4, -0.2) is 89.6 Å². The summed E-state index contributed by atoms with van der Waals surface area (Å²) in [6, 6.07) is 0. The molecule has 4 saturated carbocycles. The first kappa shape index (κ1) is 42.7. The number of fused-ring (bicyclic) bond motifs is 7. The molecule has 0 aromatic rings. The summed E-state index contributed by atoms with van der Waals surface area (Å²) in [6.45, 7) is 13.7. The van der Waals surface area contributed by atoms with Gasteiger partial charge in [0.15, 0.2) is 30.4 Å². The number of hydrogen-bond donors (Lipinski definition) is 0. The van der Waals surface area contributed by atoms with Crippen molar-refractivity contribution in [1.82, 2.24) is 0 Å². The van der Waals surface area contributed by atoms with Gasteiger partial charge in [-0.15, -0.1) is 0 Å². The van der Waals surface area contributed by atoms with Crippen LogP contribution in [0.2, 0.25) is 0 Å². The van der Waals surface area contributed by atoms with Crippen molar-refractivity contribution in [3.63, 3.8) is 0 Å². The molecule has 3 aliphatic heterocycles. The number of carbonyl (C=O) groups is 4. The molecule has 3 heterocycles. The molecule has 316 valence electrons. The number of esters is 4. The SMILES string of the molecule is CC(=O)OC[C@H]1O[C@H](O[C@H]2CC[C@@]3(C)C(CC[C@H]4[C@@H]5C[C@@H]6O[C@]7(CC[C@H](C)CO7)[C@@H](C)[C@@H]6[C@@]5(C)CC[C@@H]43)C2)[C@H](OC(=O)C(Cl)(Cl)Cl)[C@@H](OC(C)=O)[C@H]1OC(C)=O. The van der Waals surface area contributed by atoms with Crippen LogP contribution in [0.3, 0.4) is 0 Å². The summed E-state index contributed by atoms with van der Waals surface area (Å²) in [5.74, 6) is -0.0914. The van der Waals surface area contributed by atoms with E-state index in [0.717, 1.165) is 65.4 Å². The number of carbonyl (C=O) groups excluding carboxylic acids is 4. The van der Waals surface area contributed by atoms with Crippen LogP contribution in [0.1, 0.15) is 113 Å². The van der Waals surface area contributed by atoms with Gasteiger partial charge in [0, 0.05) is 33.1 Å². The molecule has 15 heteroatoms. The zero-order valence-electron chi connectivity index (χ0n) is 33.6. The maximum absolute atomic E-state index is 13.0. The van der Waals surface area contributed by atoms with Crippen molar-refractivity contribution in [1.29, 1.82) is 0 Å². The Labute approximate surface area is 345 Å². The number of halogens is 3. The Morgan fingerprint density at radius 2 is 1.46 bits per heavy atom. The molecule has 0 bridgehead atoms. The molecule has 1 spiro atoms. The Kier molecular flexibility index (Phi) is 12.1. The van der Waals surface area contributed by atoms with Crippen molar-refractivity contribution in [3.8, 4) is 0 Å². The quantitative estimate of drug-likeness (QED) is 0.110. The van der Waals surface area contributed by atoms with Crippen LogP contribution >= 0.6 is 34.8 Å². The molecule has 0 amide bonds. The lowest BCUT2D eigenvalue weighted by molar-refractivity contribution is -0.321. The molecular formula is C41H59Cl3O12. The van der Waals surface area contributed by atoms with E-state index < -0.39 is 64.2 Å². The van der Waals surface area contributed by atoms with Gasteiger partial charge in [-0.05, 0) is 104 Å². The smallest absolute Gasteiger partial charge is 0.359 e. The third-order valence-corrected chi connectivity index (χ3v) is 15.8. The fraction of sp³-hybridized carbons (Fsp3) is 0.902. The molecule has 7 rings (SSSR count). The second kappa shape index (κ2) is 15.9. The van der Waals surface area contributed by atoms with Crippen molar-refractivity contribution < 1.29 is 57.1 Å². The van der Waals surface area contributed by atoms with Gasteiger partial charge in [0.2, 0.25) is 0 Å². The van der Waals surface area contributed by atoms with Gasteiger partial charge in [0.25, 0.3) is 3.79 Å². The average Bonchev–Trinajstić information content (AvgIpc) is 3.56. The molecule has 12 nitrogen and oxygen atoms in total. The predicted molar refractivity (Wildman–Crippen MR) is 203 cm³/mol. The zero-order valence-corrected chi connectivity index (χ0v) is 35.9. The fourth-order valence-corrected chi connectivity index (χ4v) is 13.0. The maximum atomic E-state index is 13.0. The molecule has 17 atom stereocenters. The predicted octanol–water partition coefficient (Wildman–Crippen LogP) is 7.25. The van der Waals surface area contributed by atoms with Crippen molar-refractivity contribution in [2.24, 2.45) is 52.3 Å². The van der Waals surface area contributed by atoms with Gasteiger partial charge in [0.05, 0.1) is 18.8 Å². The van der Waals surface area contributed by atoms with E-state index in [1.165, 1.54) is 19.8 Å². The van der Waals surface area contributed by atoms with Crippen LogP contribution in [0.15, 0.2) is 0 Å². The molecule has 0 N–H and O–H groups in total. The first-order chi connectivity index (χ1) is 26.3. The normalized spacial score (nSPS) is 47.1. The van der Waals surface area contributed by atoms with E-state index in [0.29, 0.717) is 47.8 Å². The number of alkyl halides is 3. The summed E-state index contributed by atoms with van der Waals surface area (Å²) in [5, 5.41) is 0. The summed E-state index contributed by atoms with van der Waals surface area (Å²) in [4.78, 5) is 49.5. The Morgan fingerprint density at radius 1 is 0.768 bits per heavy atom. The van der Waals surface area contributed by atoms with Crippen LogP contribution in [-0.2, 0) is 57.1 Å². The van der Waals surface area contributed by atoms with Crippen molar-refractivity contribution in [2.45, 2.75) is 165 Å². The summed E-state index contributed by atoms with van der Waals surface area (Å²) in [7, 11) is 0. The van der Waals surface area contributed by atoms with Crippen LogP contribution in [0.4, 0.5) is 0 Å². The van der Waals surface area contributed by atoms with E-state index in [-0.39, 0.29) is 29.6 Å². The van der Waals surface area contributed by atoms with Gasteiger partial charge in [0.1, 0.15) is 12.7 Å². The Balaban J connectivity index is 1.08. The molecular weight excluding hydrogens is 791 g/mol. The van der Waals surface area contributed by atoms with Crippen LogP contribution < -0.4 is 0 Å². The summed E-state index contributed by atoms with van der Waals surface area (Å²) in [6.07, 6.45) is 3.44. The summed E-state index contributed by atoms with van der Waals surface area (Å²) >= 11 is 17.7. The van der Waals surface area contributed by atoms with E-state index in [1.807, 2.05) is 0 Å². The van der Waals surface area contributed by atoms with Crippen molar-refractivity contribution in [2.75, 3.05) is 13.2 Å². The second-order valence-electron chi connectivity index (χ2n) is 18.6. The van der Waals surface area contributed by atoms with Crippen molar-refractivity contribution >= 4 is 58.7 Å². The fourth-order valence-electron chi connectivity index (χ4n) is 12.8. The molecule has 56 heavy (non-hydrogen) atoms. The lowest BCUT2D eigenvalue weighted by Gasteiger charge is -2.61. The van der Waals surface area contributed by atoms with E-state index in [9.17, 15) is 19.2 Å². The first-order valence-electron chi connectivity index (χ1n) is 20.6. The molecule has 7 aliphatic rings. The van der Waals surface area contributed by atoms with Gasteiger partial charge < -0.3 is 37.9 Å². The first-order valence-corrected chi connectivity index (χ1v) is 21.8. The monoisotopic (exact) mass is 848 g/mol. The Bertz CT molecular complexity index is 1510. The Morgan fingerprint density at radius 3 is 2.11 bits per heavy atom. The van der Waals surface area contributed by atoms with E-state index in [1.54, 1.807) is 0 Å². The molecule has 3 saturated heterocycles. The molecule has 1 unspecified atom stereocenters. The molecule has 0 radical (unpaired) electrons. The van der Waals surface area contributed by atoms with Gasteiger partial charge in [-0.1, -0.05) is 62.5 Å². The minimum absolute atomic E-state index is 0.117. The third-order valence-electron chi connectivity index (χ3n) is 15.3. The Hall–Kier alpha value is -1.41. The number of ether oxygens (including phenoxy) is 8. The number of rotatable bonds is 7. The van der Waals surface area contributed by atoms with Gasteiger partial charge in [-0.2, -0.15) is 0 Å². The van der Waals surface area contributed by atoms with Gasteiger partial charge >= 0.3 is 23.9 Å². The van der Waals surface area contributed by atoms with Crippen molar-refractivity contribution in [3.05, 3.63) is 0 Å². The highest BCUT2D eigenvalue weighted by Gasteiger charge is 2.69. The standard InChI is InChI=1S/C41H59Cl3O12/c1-20-10-15-40(50-18-20)21(2)32-30(56-40)17-29-27-9-8-25-16-26(11-13-38(25,6)28(27)12-14-39(29,32)7)53-36-35(55-37(48)41(42,43)44)34(52-24(5)47)33(51-23(4)46)31(54-36)19-49-22(3)45/h20-21,25-36H,8-19H2,1-7H3/t20-,21-,25?,26-,27+,28-,29-,30-,31+,32-,33-,34-,35+,36-,38-,39-,40+/m0/s1. The maximum Gasteiger partial charge on any atom is 0.359 e. The highest BCUT2D eigenvalue weighted by molar-refractivity contribution is 6.75. The van der Waals surface area contributed by atoms with E-state index >= 15 is 0 Å². The second-order valence-corrected chi connectivity index (χ2v) is 20.8. The topological polar surface area (TPSA) is 142 Å². The minimum Gasteiger partial charge on any atom is -0.463 e. The summed E-state index contributed by atoms with van der Waals surface area (Å²) in [5.41, 5.74) is 0.346. The van der Waals surface area contributed by atoms with Gasteiger partial charge in [-0.25, -0.2) is 4.79 Å². The molecule has 7 fully saturated rings. The molecule has 4 aliphatic carbocycles. The highest BCUT2D eigenvalue weighted by atomic mass is 35.6. The van der Waals surface area contributed by atoms with Gasteiger partial charge in [-0.3, -0.25) is 14.4 Å². The largest absolute Gasteiger partial charge is 0.463 e. The van der Waals surface area contributed by atoms with Crippen LogP contribution in [0.25, 0.3) is 0 Å². The van der Waals surface area contributed by atoms with Crippen LogP contribution in [0, 0.1) is 52.3 Å². The van der Waals surface area contributed by atoms with E-state index in [2.05, 4.69) is 27.7 Å². The third kappa shape index (κ3) is 7.84. The highest BCUT2D eigenvalue weighted by Crippen LogP contribution is 2.71.